The van der Waals surface area contributed by atoms with Gasteiger partial charge in [-0.2, -0.15) is 0 Å². The van der Waals surface area contributed by atoms with E-state index in [2.05, 4.69) is 0 Å². The molecular weight excluding hydrogens is 240 g/mol. The van der Waals surface area contributed by atoms with Crippen LogP contribution >= 0.6 is 0 Å². The van der Waals surface area contributed by atoms with E-state index in [1.807, 2.05) is 24.3 Å². The summed E-state index contributed by atoms with van der Waals surface area (Å²) in [7, 11) is 1.63. The van der Waals surface area contributed by atoms with Gasteiger partial charge in [-0.05, 0) is 30.5 Å². The van der Waals surface area contributed by atoms with Gasteiger partial charge in [0.1, 0.15) is 11.4 Å². The minimum atomic E-state index is -1.17. The third kappa shape index (κ3) is 3.57. The summed E-state index contributed by atoms with van der Waals surface area (Å²) < 4.78 is 5.11. The van der Waals surface area contributed by atoms with Crippen LogP contribution in [0, 0.1) is 0 Å². The van der Waals surface area contributed by atoms with Crippen LogP contribution in [-0.2, 0) is 11.2 Å². The van der Waals surface area contributed by atoms with Gasteiger partial charge >= 0.3 is 0 Å². The van der Waals surface area contributed by atoms with Crippen molar-refractivity contribution in [2.45, 2.75) is 50.5 Å². The van der Waals surface area contributed by atoms with Crippen molar-refractivity contribution >= 4 is 5.78 Å². The van der Waals surface area contributed by atoms with Gasteiger partial charge in [-0.1, -0.05) is 31.4 Å². The zero-order valence-corrected chi connectivity index (χ0v) is 11.5. The topological polar surface area (TPSA) is 46.5 Å². The Bertz CT molecular complexity index is 424. The summed E-state index contributed by atoms with van der Waals surface area (Å²) in [5.74, 6) is 0.794. The van der Waals surface area contributed by atoms with Crippen LogP contribution < -0.4 is 4.74 Å². The highest BCUT2D eigenvalue weighted by Crippen LogP contribution is 2.27. The molecule has 3 nitrogen and oxygen atoms in total. The molecule has 1 aromatic carbocycles. The number of Topliss-reactive ketones (excluding diaryl/α,β-unsaturated/α-hetero) is 1. The molecule has 1 aromatic rings. The molecule has 1 aliphatic carbocycles. The van der Waals surface area contributed by atoms with E-state index >= 15 is 0 Å². The number of aliphatic hydroxyl groups is 1. The van der Waals surface area contributed by atoms with Gasteiger partial charge in [-0.3, -0.25) is 4.79 Å². The van der Waals surface area contributed by atoms with E-state index in [1.165, 1.54) is 0 Å². The standard InChI is InChI=1S/C16H22O3/c1-19-14-9-7-13(8-10-14)12-16(18)11-5-3-2-4-6-15(16)17/h7-10,18H,2-6,11-12H2,1H3. The number of carbonyl (C=O) groups is 1. The molecular formula is C16H22O3. The normalized spacial score (nSPS) is 24.6. The monoisotopic (exact) mass is 262 g/mol. The van der Waals surface area contributed by atoms with E-state index < -0.39 is 5.60 Å². The van der Waals surface area contributed by atoms with E-state index in [0.717, 1.165) is 37.0 Å². The molecule has 0 heterocycles. The van der Waals surface area contributed by atoms with E-state index in [4.69, 9.17) is 4.74 Å². The SMILES string of the molecule is COc1ccc(CC2(O)CCCCCCC2=O)cc1. The number of hydrogen-bond acceptors (Lipinski definition) is 3. The molecule has 1 saturated carbocycles. The Morgan fingerprint density at radius 1 is 1.16 bits per heavy atom. The second kappa shape index (κ2) is 6.20. The summed E-state index contributed by atoms with van der Waals surface area (Å²) >= 11 is 0. The summed E-state index contributed by atoms with van der Waals surface area (Å²) in [6, 6.07) is 7.57. The average molecular weight is 262 g/mol. The maximum Gasteiger partial charge on any atom is 0.164 e. The second-order valence-electron chi connectivity index (χ2n) is 5.39. The Balaban J connectivity index is 2.10. The number of rotatable bonds is 3. The largest absolute Gasteiger partial charge is 0.497 e. The van der Waals surface area contributed by atoms with Crippen molar-refractivity contribution in [3.63, 3.8) is 0 Å². The molecule has 0 aromatic heterocycles. The lowest BCUT2D eigenvalue weighted by molar-refractivity contribution is -0.138. The highest BCUT2D eigenvalue weighted by molar-refractivity contribution is 5.87. The molecule has 0 saturated heterocycles. The molecule has 19 heavy (non-hydrogen) atoms. The maximum absolute atomic E-state index is 12.1. The van der Waals surface area contributed by atoms with Crippen LogP contribution in [0.1, 0.15) is 44.1 Å². The molecule has 1 atom stereocenters. The van der Waals surface area contributed by atoms with Crippen molar-refractivity contribution in [2.75, 3.05) is 7.11 Å². The fraction of sp³-hybridized carbons (Fsp3) is 0.562. The molecule has 2 rings (SSSR count). The summed E-state index contributed by atoms with van der Waals surface area (Å²) in [5, 5.41) is 10.6. The zero-order chi connectivity index (χ0) is 13.7. The maximum atomic E-state index is 12.1. The molecule has 104 valence electrons. The minimum absolute atomic E-state index is 0.00279. The lowest BCUT2D eigenvalue weighted by Crippen LogP contribution is -2.41. The van der Waals surface area contributed by atoms with Crippen LogP contribution in [0.5, 0.6) is 5.75 Å². The van der Waals surface area contributed by atoms with Crippen LogP contribution in [0.3, 0.4) is 0 Å². The minimum Gasteiger partial charge on any atom is -0.497 e. The fourth-order valence-electron chi connectivity index (χ4n) is 2.70. The first-order valence-corrected chi connectivity index (χ1v) is 7.03. The van der Waals surface area contributed by atoms with Gasteiger partial charge in [0.05, 0.1) is 7.11 Å². The first-order valence-electron chi connectivity index (χ1n) is 7.03. The third-order valence-corrected chi connectivity index (χ3v) is 3.92. The molecule has 0 amide bonds. The van der Waals surface area contributed by atoms with Crippen molar-refractivity contribution in [2.24, 2.45) is 0 Å². The van der Waals surface area contributed by atoms with E-state index in [9.17, 15) is 9.90 Å². The molecule has 1 N–H and O–H groups in total. The average Bonchev–Trinajstić information content (AvgIpc) is 2.41. The molecule has 3 heteroatoms. The Labute approximate surface area is 114 Å². The van der Waals surface area contributed by atoms with Crippen LogP contribution in [0.4, 0.5) is 0 Å². The van der Waals surface area contributed by atoms with Gasteiger partial charge < -0.3 is 9.84 Å². The number of ketones is 1. The third-order valence-electron chi connectivity index (χ3n) is 3.92. The summed E-state index contributed by atoms with van der Waals surface area (Å²) in [6.45, 7) is 0. The predicted molar refractivity (Wildman–Crippen MR) is 74.4 cm³/mol. The van der Waals surface area contributed by atoms with Gasteiger partial charge in [0.15, 0.2) is 5.78 Å². The molecule has 1 aliphatic rings. The van der Waals surface area contributed by atoms with Crippen LogP contribution in [0.2, 0.25) is 0 Å². The molecule has 1 fully saturated rings. The Kier molecular flexibility index (Phi) is 4.59. The predicted octanol–water partition coefficient (Wildman–Crippen LogP) is 2.89. The van der Waals surface area contributed by atoms with Gasteiger partial charge in [0, 0.05) is 12.8 Å². The van der Waals surface area contributed by atoms with Gasteiger partial charge in [-0.15, -0.1) is 0 Å². The summed E-state index contributed by atoms with van der Waals surface area (Å²) in [6.07, 6.45) is 5.55. The van der Waals surface area contributed by atoms with Crippen molar-refractivity contribution < 1.29 is 14.6 Å². The molecule has 0 bridgehead atoms. The Morgan fingerprint density at radius 3 is 2.53 bits per heavy atom. The first-order chi connectivity index (χ1) is 9.14. The van der Waals surface area contributed by atoms with Crippen molar-refractivity contribution in [3.05, 3.63) is 29.8 Å². The van der Waals surface area contributed by atoms with Crippen molar-refractivity contribution in [3.8, 4) is 5.75 Å². The highest BCUT2D eigenvalue weighted by atomic mass is 16.5. The molecule has 0 spiro atoms. The van der Waals surface area contributed by atoms with Gasteiger partial charge in [-0.25, -0.2) is 0 Å². The lowest BCUT2D eigenvalue weighted by Gasteiger charge is -2.28. The van der Waals surface area contributed by atoms with Crippen LogP contribution in [0.25, 0.3) is 0 Å². The van der Waals surface area contributed by atoms with E-state index in [1.54, 1.807) is 7.11 Å². The smallest absolute Gasteiger partial charge is 0.164 e. The Morgan fingerprint density at radius 2 is 1.84 bits per heavy atom. The summed E-state index contributed by atoms with van der Waals surface area (Å²) in [4.78, 5) is 12.1. The highest BCUT2D eigenvalue weighted by Gasteiger charge is 2.35. The lowest BCUT2D eigenvalue weighted by atomic mass is 9.81. The number of methoxy groups -OCH3 is 1. The molecule has 0 aliphatic heterocycles. The zero-order valence-electron chi connectivity index (χ0n) is 11.5. The molecule has 1 unspecified atom stereocenters. The number of benzene rings is 1. The number of carbonyl (C=O) groups excluding carboxylic acids is 1. The molecule has 0 radical (unpaired) electrons. The van der Waals surface area contributed by atoms with Crippen molar-refractivity contribution in [1.29, 1.82) is 0 Å². The first kappa shape index (κ1) is 14.1. The van der Waals surface area contributed by atoms with Crippen LogP contribution in [-0.4, -0.2) is 23.6 Å². The Hall–Kier alpha value is -1.35. The van der Waals surface area contributed by atoms with E-state index in [0.29, 0.717) is 19.3 Å². The van der Waals surface area contributed by atoms with Crippen LogP contribution in [0.15, 0.2) is 24.3 Å². The van der Waals surface area contributed by atoms with E-state index in [-0.39, 0.29) is 5.78 Å². The van der Waals surface area contributed by atoms with Crippen molar-refractivity contribution in [1.82, 2.24) is 0 Å². The second-order valence-corrected chi connectivity index (χ2v) is 5.39. The van der Waals surface area contributed by atoms with Gasteiger partial charge in [0.25, 0.3) is 0 Å². The quantitative estimate of drug-likeness (QED) is 0.911. The number of ether oxygens (including phenoxy) is 1. The fourth-order valence-corrected chi connectivity index (χ4v) is 2.70. The summed E-state index contributed by atoms with van der Waals surface area (Å²) in [5.41, 5.74) is -0.188. The number of hydrogen-bond donors (Lipinski definition) is 1. The van der Waals surface area contributed by atoms with Gasteiger partial charge in [0.2, 0.25) is 0 Å².